The summed E-state index contributed by atoms with van der Waals surface area (Å²) in [5, 5.41) is 10.5. The topological polar surface area (TPSA) is 183 Å². The lowest BCUT2D eigenvalue weighted by molar-refractivity contribution is -0.143. The van der Waals surface area contributed by atoms with Crippen molar-refractivity contribution in [3.63, 3.8) is 0 Å². The molecule has 3 rings (SSSR count). The standard InChI is InChI=1S/C40H62N6O8/c1-10-14-28(33(48)35(50)41-22-30(47)43-31(36(51)45(8)9)26-15-12-11-13-16-26)42-34(49)29-21-40(6,7)24-46(29)37(52)32(44-38(53)54-23-25(2)3)27-17-19-39(4,5)20-18-27/h11-13,15-16,25,27-29,31-32H,10,14,17-24H2,1-9H3,(H,41,50)(H,42,49)(H,43,47)(H,44,53)/t28-,29-,31-,32-/m0/s1. The maximum atomic E-state index is 14.4. The average molecular weight is 755 g/mol. The largest absolute Gasteiger partial charge is 0.449 e. The zero-order valence-electron chi connectivity index (χ0n) is 33.6. The molecule has 1 saturated heterocycles. The number of nitrogens with one attached hydrogen (secondary N) is 4. The first-order chi connectivity index (χ1) is 25.2. The van der Waals surface area contributed by atoms with Gasteiger partial charge in [-0.1, -0.05) is 85.2 Å². The summed E-state index contributed by atoms with van der Waals surface area (Å²) >= 11 is 0. The lowest BCUT2D eigenvalue weighted by Gasteiger charge is -2.39. The second kappa shape index (κ2) is 19.2. The number of ether oxygens (including phenoxy) is 1. The number of nitrogens with zero attached hydrogens (tertiary/aromatic N) is 2. The number of hydrogen-bond acceptors (Lipinski definition) is 8. The molecule has 1 saturated carbocycles. The van der Waals surface area contributed by atoms with Crippen LogP contribution in [0.1, 0.15) is 105 Å². The highest BCUT2D eigenvalue weighted by molar-refractivity contribution is 6.38. The molecule has 0 bridgehead atoms. The Balaban J connectivity index is 1.73. The van der Waals surface area contributed by atoms with E-state index in [9.17, 15) is 33.6 Å². The van der Waals surface area contributed by atoms with Gasteiger partial charge in [0, 0.05) is 20.6 Å². The molecule has 0 radical (unpaired) electrons. The summed E-state index contributed by atoms with van der Waals surface area (Å²) in [5.41, 5.74) is 0.221. The number of amides is 6. The summed E-state index contributed by atoms with van der Waals surface area (Å²) in [4.78, 5) is 96.3. The number of benzene rings is 1. The fourth-order valence-corrected chi connectivity index (χ4v) is 7.10. The third-order valence-electron chi connectivity index (χ3n) is 10.2. The minimum Gasteiger partial charge on any atom is -0.449 e. The fraction of sp³-hybridized carbons (Fsp3) is 0.675. The molecule has 300 valence electrons. The Labute approximate surface area is 320 Å². The van der Waals surface area contributed by atoms with Gasteiger partial charge in [-0.05, 0) is 66.8 Å². The number of likely N-dealkylation sites (N-methyl/N-ethyl adjacent to an activating group) is 1. The number of carbonyl (C=O) groups excluding carboxylic acids is 7. The molecule has 14 heteroatoms. The quantitative estimate of drug-likeness (QED) is 0.185. The SMILES string of the molecule is CCC[C@H](NC(=O)[C@@H]1CC(C)(C)CN1C(=O)[C@@H](NC(=O)OCC(C)C)C1CCC(C)(C)CC1)C(=O)C(=O)NCC(=O)N[C@H](C(=O)N(C)C)c1ccccc1. The molecule has 1 aromatic carbocycles. The van der Waals surface area contributed by atoms with Gasteiger partial charge in [-0.2, -0.15) is 0 Å². The lowest BCUT2D eigenvalue weighted by Crippen LogP contribution is -2.58. The molecule has 54 heavy (non-hydrogen) atoms. The number of carbonyl (C=O) groups is 7. The Morgan fingerprint density at radius 1 is 0.907 bits per heavy atom. The van der Waals surface area contributed by atoms with Gasteiger partial charge in [-0.3, -0.25) is 28.8 Å². The molecule has 0 unspecified atom stereocenters. The number of hydrogen-bond donors (Lipinski definition) is 4. The van der Waals surface area contributed by atoms with Crippen molar-refractivity contribution in [2.24, 2.45) is 22.7 Å². The van der Waals surface area contributed by atoms with Crippen LogP contribution in [0.25, 0.3) is 0 Å². The van der Waals surface area contributed by atoms with Gasteiger partial charge >= 0.3 is 6.09 Å². The number of likely N-dealkylation sites (tertiary alicyclic amines) is 1. The number of rotatable bonds is 16. The first-order valence-electron chi connectivity index (χ1n) is 19.2. The van der Waals surface area contributed by atoms with Gasteiger partial charge in [-0.25, -0.2) is 4.79 Å². The molecule has 4 N–H and O–H groups in total. The molecule has 0 aromatic heterocycles. The number of alkyl carbamates (subject to hydrolysis) is 1. The highest BCUT2D eigenvalue weighted by Gasteiger charge is 2.48. The molecule has 0 spiro atoms. The summed E-state index contributed by atoms with van der Waals surface area (Å²) in [5.74, 6) is -4.06. The monoisotopic (exact) mass is 754 g/mol. The molecule has 1 aliphatic heterocycles. The third kappa shape index (κ3) is 12.5. The van der Waals surface area contributed by atoms with Crippen molar-refractivity contribution in [3.05, 3.63) is 35.9 Å². The van der Waals surface area contributed by atoms with E-state index in [0.29, 0.717) is 18.4 Å². The summed E-state index contributed by atoms with van der Waals surface area (Å²) in [6, 6.07) is 4.59. The van der Waals surface area contributed by atoms with Gasteiger partial charge in [-0.15, -0.1) is 0 Å². The predicted molar refractivity (Wildman–Crippen MR) is 204 cm³/mol. The van der Waals surface area contributed by atoms with Crippen LogP contribution in [0.5, 0.6) is 0 Å². The first-order valence-corrected chi connectivity index (χ1v) is 19.2. The summed E-state index contributed by atoms with van der Waals surface area (Å²) in [6.45, 7) is 13.8. The van der Waals surface area contributed by atoms with Gasteiger partial charge in [0.25, 0.3) is 5.91 Å². The minimum absolute atomic E-state index is 0.108. The highest BCUT2D eigenvalue weighted by atomic mass is 16.5. The van der Waals surface area contributed by atoms with Crippen LogP contribution in [0.15, 0.2) is 30.3 Å². The molecule has 1 aliphatic carbocycles. The molecule has 2 fully saturated rings. The van der Waals surface area contributed by atoms with E-state index < -0.39 is 65.7 Å². The van der Waals surface area contributed by atoms with Crippen LogP contribution in [-0.2, 0) is 33.5 Å². The Bertz CT molecular complexity index is 1500. The van der Waals surface area contributed by atoms with Crippen LogP contribution in [0.2, 0.25) is 0 Å². The van der Waals surface area contributed by atoms with Crippen molar-refractivity contribution in [1.82, 2.24) is 31.1 Å². The van der Waals surface area contributed by atoms with E-state index in [1.807, 2.05) is 27.7 Å². The van der Waals surface area contributed by atoms with E-state index in [1.54, 1.807) is 51.4 Å². The fourth-order valence-electron chi connectivity index (χ4n) is 7.10. The zero-order valence-corrected chi connectivity index (χ0v) is 33.6. The highest BCUT2D eigenvalue weighted by Crippen LogP contribution is 2.41. The maximum Gasteiger partial charge on any atom is 0.407 e. The molecular formula is C40H62N6O8. The van der Waals surface area contributed by atoms with Crippen molar-refractivity contribution < 1.29 is 38.3 Å². The Morgan fingerprint density at radius 3 is 2.11 bits per heavy atom. The van der Waals surface area contributed by atoms with Crippen LogP contribution in [0, 0.1) is 22.7 Å². The number of Topliss-reactive ketones (excluding diaryl/α,β-unsaturated/α-hetero) is 1. The molecule has 4 atom stereocenters. The van der Waals surface area contributed by atoms with E-state index in [4.69, 9.17) is 4.74 Å². The van der Waals surface area contributed by atoms with E-state index >= 15 is 0 Å². The van der Waals surface area contributed by atoms with Crippen molar-refractivity contribution in [3.8, 4) is 0 Å². The average Bonchev–Trinajstić information content (AvgIpc) is 3.45. The third-order valence-corrected chi connectivity index (χ3v) is 10.2. The van der Waals surface area contributed by atoms with Crippen LogP contribution in [0.3, 0.4) is 0 Å². The Hall–Kier alpha value is -4.49. The zero-order chi connectivity index (χ0) is 40.4. The second-order valence-corrected chi connectivity index (χ2v) is 17.0. The van der Waals surface area contributed by atoms with Crippen molar-refractivity contribution in [2.45, 2.75) is 118 Å². The molecule has 6 amide bonds. The Kier molecular flexibility index (Phi) is 15.6. The molecule has 1 aromatic rings. The van der Waals surface area contributed by atoms with E-state index in [2.05, 4.69) is 35.1 Å². The lowest BCUT2D eigenvalue weighted by atomic mass is 9.71. The van der Waals surface area contributed by atoms with Crippen LogP contribution in [0.4, 0.5) is 4.79 Å². The van der Waals surface area contributed by atoms with Crippen molar-refractivity contribution in [2.75, 3.05) is 33.8 Å². The van der Waals surface area contributed by atoms with E-state index in [-0.39, 0.29) is 48.6 Å². The van der Waals surface area contributed by atoms with Crippen LogP contribution >= 0.6 is 0 Å². The Morgan fingerprint density at radius 2 is 1.54 bits per heavy atom. The van der Waals surface area contributed by atoms with E-state index in [1.165, 1.54) is 9.80 Å². The smallest absolute Gasteiger partial charge is 0.407 e. The van der Waals surface area contributed by atoms with Crippen molar-refractivity contribution >= 4 is 41.4 Å². The summed E-state index contributed by atoms with van der Waals surface area (Å²) in [7, 11) is 3.12. The van der Waals surface area contributed by atoms with Crippen LogP contribution < -0.4 is 21.3 Å². The normalized spacial score (nSPS) is 19.5. The minimum atomic E-state index is -1.21. The number of ketones is 1. The van der Waals surface area contributed by atoms with Gasteiger partial charge in [0.05, 0.1) is 19.2 Å². The summed E-state index contributed by atoms with van der Waals surface area (Å²) in [6.07, 6.45) is 3.43. The van der Waals surface area contributed by atoms with Crippen LogP contribution in [-0.4, -0.2) is 103 Å². The molecular weight excluding hydrogens is 692 g/mol. The van der Waals surface area contributed by atoms with Crippen molar-refractivity contribution in [1.29, 1.82) is 0 Å². The second-order valence-electron chi connectivity index (χ2n) is 17.0. The molecule has 2 aliphatic rings. The molecule has 14 nitrogen and oxygen atoms in total. The van der Waals surface area contributed by atoms with E-state index in [0.717, 1.165) is 25.7 Å². The van der Waals surface area contributed by atoms with Gasteiger partial charge in [0.15, 0.2) is 0 Å². The van der Waals surface area contributed by atoms with Gasteiger partial charge in [0.1, 0.15) is 18.1 Å². The first kappa shape index (κ1) is 43.9. The van der Waals surface area contributed by atoms with Gasteiger partial charge < -0.3 is 35.8 Å². The summed E-state index contributed by atoms with van der Waals surface area (Å²) < 4.78 is 5.40. The molecule has 1 heterocycles. The maximum absolute atomic E-state index is 14.4. The predicted octanol–water partition coefficient (Wildman–Crippen LogP) is 3.50. The van der Waals surface area contributed by atoms with Gasteiger partial charge in [0.2, 0.25) is 29.4 Å².